The second kappa shape index (κ2) is 8.24. The van der Waals surface area contributed by atoms with E-state index in [0.717, 1.165) is 5.56 Å². The van der Waals surface area contributed by atoms with Crippen LogP contribution in [0.3, 0.4) is 0 Å². The maximum Gasteiger partial charge on any atom is 0.408 e. The minimum Gasteiger partial charge on any atom is -0.444 e. The van der Waals surface area contributed by atoms with Crippen LogP contribution in [0.25, 0.3) is 11.3 Å². The van der Waals surface area contributed by atoms with Crippen molar-refractivity contribution in [2.75, 3.05) is 12.0 Å². The second-order valence-electron chi connectivity index (χ2n) is 6.46. The number of alkyl carbamates (subject to hydrolysis) is 1. The average Bonchev–Trinajstić information content (AvgIpc) is 2.57. The number of amides is 2. The lowest BCUT2D eigenvalue weighted by Crippen LogP contribution is -2.41. The van der Waals surface area contributed by atoms with Crippen LogP contribution in [-0.2, 0) is 9.53 Å². The molecule has 138 valence electrons. The van der Waals surface area contributed by atoms with Crippen LogP contribution < -0.4 is 16.2 Å². The summed E-state index contributed by atoms with van der Waals surface area (Å²) >= 11 is 0. The fourth-order valence-electron chi connectivity index (χ4n) is 1.96. The lowest BCUT2D eigenvalue weighted by molar-refractivity contribution is -0.119. The molecular formula is C17H22N6O3. The van der Waals surface area contributed by atoms with Crippen LogP contribution in [0.15, 0.2) is 30.3 Å². The monoisotopic (exact) mass is 358 g/mol. The van der Waals surface area contributed by atoms with E-state index < -0.39 is 17.6 Å². The minimum atomic E-state index is -0.673. The molecular weight excluding hydrogens is 336 g/mol. The molecule has 0 bridgehead atoms. The van der Waals surface area contributed by atoms with Gasteiger partial charge >= 0.3 is 6.09 Å². The van der Waals surface area contributed by atoms with Crippen molar-refractivity contribution >= 4 is 17.9 Å². The molecule has 3 N–H and O–H groups in total. The first-order valence-corrected chi connectivity index (χ1v) is 8.03. The van der Waals surface area contributed by atoms with Crippen LogP contribution in [0.4, 0.5) is 10.7 Å². The van der Waals surface area contributed by atoms with Crippen LogP contribution >= 0.6 is 0 Å². The zero-order valence-electron chi connectivity index (χ0n) is 15.2. The third-order valence-corrected chi connectivity index (χ3v) is 3.01. The second-order valence-corrected chi connectivity index (χ2v) is 6.46. The molecule has 9 nitrogen and oxygen atoms in total. The molecule has 2 rings (SSSR count). The molecule has 1 aromatic carbocycles. The summed E-state index contributed by atoms with van der Waals surface area (Å²) in [6.45, 7) is 6.75. The third kappa shape index (κ3) is 6.00. The summed E-state index contributed by atoms with van der Waals surface area (Å²) in [7, 11) is 0. The largest absolute Gasteiger partial charge is 0.444 e. The standard InChI is InChI=1S/C17H22N6O3/c1-11-14(12-8-6-5-7-9-12)21-23-15(19-11)22-20-13(24)10-18-16(25)26-17(2,3)4/h5-9H,10H2,1-4H3,(H,18,25)(H,20,24)(H,19,22,23). The molecule has 0 saturated heterocycles. The van der Waals surface area contributed by atoms with E-state index in [0.29, 0.717) is 11.4 Å². The highest BCUT2D eigenvalue weighted by Gasteiger charge is 2.16. The first-order chi connectivity index (χ1) is 12.2. The van der Waals surface area contributed by atoms with Crippen LogP contribution in [0, 0.1) is 6.92 Å². The fraction of sp³-hybridized carbons (Fsp3) is 0.353. The molecule has 0 aliphatic heterocycles. The van der Waals surface area contributed by atoms with Crippen molar-refractivity contribution in [3.05, 3.63) is 36.0 Å². The Morgan fingerprint density at radius 1 is 1.12 bits per heavy atom. The average molecular weight is 358 g/mol. The van der Waals surface area contributed by atoms with E-state index >= 15 is 0 Å². The number of ether oxygens (including phenoxy) is 1. The van der Waals surface area contributed by atoms with Gasteiger partial charge in [0.2, 0.25) is 0 Å². The number of nitrogens with zero attached hydrogens (tertiary/aromatic N) is 3. The van der Waals surface area contributed by atoms with Crippen molar-refractivity contribution < 1.29 is 14.3 Å². The maximum atomic E-state index is 11.7. The van der Waals surface area contributed by atoms with Gasteiger partial charge in [-0.05, 0) is 27.7 Å². The normalized spacial score (nSPS) is 10.8. The molecule has 0 radical (unpaired) electrons. The number of rotatable bonds is 5. The van der Waals surface area contributed by atoms with Gasteiger partial charge < -0.3 is 10.1 Å². The van der Waals surface area contributed by atoms with Crippen LogP contribution in [-0.4, -0.2) is 39.3 Å². The van der Waals surface area contributed by atoms with Gasteiger partial charge in [0.1, 0.15) is 17.8 Å². The van der Waals surface area contributed by atoms with Gasteiger partial charge in [0.05, 0.1) is 5.69 Å². The molecule has 2 aromatic rings. The lowest BCUT2D eigenvalue weighted by atomic mass is 10.1. The molecule has 26 heavy (non-hydrogen) atoms. The summed E-state index contributed by atoms with van der Waals surface area (Å²) in [6, 6.07) is 9.54. The van der Waals surface area contributed by atoms with E-state index in [1.165, 1.54) is 0 Å². The Morgan fingerprint density at radius 2 is 1.81 bits per heavy atom. The Bertz CT molecular complexity index is 774. The summed E-state index contributed by atoms with van der Waals surface area (Å²) in [5, 5.41) is 10.4. The van der Waals surface area contributed by atoms with Crippen LogP contribution in [0.2, 0.25) is 0 Å². The van der Waals surface area contributed by atoms with Crippen molar-refractivity contribution in [1.82, 2.24) is 25.9 Å². The maximum absolute atomic E-state index is 11.7. The molecule has 0 unspecified atom stereocenters. The van der Waals surface area contributed by atoms with Crippen molar-refractivity contribution in [3.63, 3.8) is 0 Å². The number of benzene rings is 1. The van der Waals surface area contributed by atoms with Gasteiger partial charge in [-0.15, -0.1) is 10.2 Å². The van der Waals surface area contributed by atoms with E-state index in [9.17, 15) is 9.59 Å². The van der Waals surface area contributed by atoms with E-state index in [2.05, 4.69) is 31.3 Å². The minimum absolute atomic E-state index is 0.146. The third-order valence-electron chi connectivity index (χ3n) is 3.01. The number of anilines is 1. The van der Waals surface area contributed by atoms with Gasteiger partial charge in [-0.25, -0.2) is 9.78 Å². The Kier molecular flexibility index (Phi) is 6.05. The molecule has 0 aliphatic rings. The van der Waals surface area contributed by atoms with Crippen molar-refractivity contribution in [1.29, 1.82) is 0 Å². The summed E-state index contributed by atoms with van der Waals surface area (Å²) in [5.41, 5.74) is 6.54. The summed E-state index contributed by atoms with van der Waals surface area (Å²) < 4.78 is 5.04. The van der Waals surface area contributed by atoms with Gasteiger partial charge in [-0.1, -0.05) is 30.3 Å². The van der Waals surface area contributed by atoms with E-state index in [1.54, 1.807) is 27.7 Å². The van der Waals surface area contributed by atoms with Crippen molar-refractivity contribution in [2.24, 2.45) is 0 Å². The summed E-state index contributed by atoms with van der Waals surface area (Å²) in [6.07, 6.45) is -0.673. The number of hydrazine groups is 1. The van der Waals surface area contributed by atoms with Crippen molar-refractivity contribution in [3.8, 4) is 11.3 Å². The smallest absolute Gasteiger partial charge is 0.408 e. The highest BCUT2D eigenvalue weighted by molar-refractivity contribution is 5.82. The van der Waals surface area contributed by atoms with E-state index in [-0.39, 0.29) is 12.5 Å². The molecule has 0 atom stereocenters. The number of nitrogens with one attached hydrogen (secondary N) is 3. The zero-order valence-corrected chi connectivity index (χ0v) is 15.2. The summed E-state index contributed by atoms with van der Waals surface area (Å²) in [4.78, 5) is 27.5. The Balaban J connectivity index is 1.85. The van der Waals surface area contributed by atoms with Crippen LogP contribution in [0.1, 0.15) is 26.5 Å². The Morgan fingerprint density at radius 3 is 2.42 bits per heavy atom. The molecule has 2 amide bonds. The Hall–Kier alpha value is -3.23. The fourth-order valence-corrected chi connectivity index (χ4v) is 1.96. The predicted molar refractivity (Wildman–Crippen MR) is 96.0 cm³/mol. The first-order valence-electron chi connectivity index (χ1n) is 8.03. The molecule has 0 spiro atoms. The Labute approximate surface area is 151 Å². The van der Waals surface area contributed by atoms with E-state index in [4.69, 9.17) is 4.74 Å². The lowest BCUT2D eigenvalue weighted by Gasteiger charge is -2.19. The topological polar surface area (TPSA) is 118 Å². The molecule has 0 aliphatic carbocycles. The highest BCUT2D eigenvalue weighted by atomic mass is 16.6. The number of hydrogen-bond acceptors (Lipinski definition) is 7. The quantitative estimate of drug-likeness (QED) is 0.698. The number of aryl methyl sites for hydroxylation is 1. The SMILES string of the molecule is Cc1nc(NNC(=O)CNC(=O)OC(C)(C)C)nnc1-c1ccccc1. The first kappa shape index (κ1) is 19.1. The van der Waals surface area contributed by atoms with Gasteiger partial charge in [-0.3, -0.25) is 15.6 Å². The molecule has 0 fully saturated rings. The van der Waals surface area contributed by atoms with E-state index in [1.807, 2.05) is 30.3 Å². The predicted octanol–water partition coefficient (Wildman–Crippen LogP) is 1.81. The number of hydrogen-bond donors (Lipinski definition) is 3. The van der Waals surface area contributed by atoms with Gasteiger partial charge in [-0.2, -0.15) is 0 Å². The number of aromatic nitrogens is 3. The van der Waals surface area contributed by atoms with Crippen LogP contribution in [0.5, 0.6) is 0 Å². The van der Waals surface area contributed by atoms with Gasteiger partial charge in [0.15, 0.2) is 0 Å². The number of carbonyl (C=O) groups is 2. The molecule has 1 heterocycles. The van der Waals surface area contributed by atoms with Gasteiger partial charge in [0, 0.05) is 5.56 Å². The molecule has 1 aromatic heterocycles. The summed E-state index contributed by atoms with van der Waals surface area (Å²) in [5.74, 6) is -0.336. The van der Waals surface area contributed by atoms with Gasteiger partial charge in [0.25, 0.3) is 11.9 Å². The molecule has 9 heteroatoms. The zero-order chi connectivity index (χ0) is 19.2. The highest BCUT2D eigenvalue weighted by Crippen LogP contribution is 2.18. The van der Waals surface area contributed by atoms with Crippen molar-refractivity contribution in [2.45, 2.75) is 33.3 Å². The molecule has 0 saturated carbocycles. The number of carbonyl (C=O) groups excluding carboxylic acids is 2.